The molecule has 0 radical (unpaired) electrons. The number of carbonyl (C=O) groups is 1. The minimum Gasteiger partial charge on any atom is -0.457 e. The Bertz CT molecular complexity index is 1320. The molecule has 4 rings (SSSR count). The number of ether oxygens (including phenoxy) is 1. The maximum atomic E-state index is 13.2. The zero-order valence-electron chi connectivity index (χ0n) is 24.1. The van der Waals surface area contributed by atoms with Crippen LogP contribution in [0.2, 0.25) is 0 Å². The van der Waals surface area contributed by atoms with Crippen LogP contribution in [0.5, 0.6) is 11.5 Å². The number of carbonyl (C=O) groups excluding carboxylic acids is 1. The maximum absolute atomic E-state index is 13.2. The molecule has 8 nitrogen and oxygen atoms in total. The van der Waals surface area contributed by atoms with Gasteiger partial charge in [0.05, 0.1) is 6.26 Å². The lowest BCUT2D eigenvalue weighted by atomic mass is 10.0. The Morgan fingerprint density at radius 3 is 2.15 bits per heavy atom. The van der Waals surface area contributed by atoms with Gasteiger partial charge in [0.1, 0.15) is 11.5 Å². The second-order valence-electron chi connectivity index (χ2n) is 10.8. The first-order valence-corrected chi connectivity index (χ1v) is 16.3. The molecule has 0 atom stereocenters. The van der Waals surface area contributed by atoms with Gasteiger partial charge in [0.15, 0.2) is 0 Å². The van der Waals surface area contributed by atoms with Gasteiger partial charge in [-0.25, -0.2) is 13.2 Å². The summed E-state index contributed by atoms with van der Waals surface area (Å²) in [5.41, 5.74) is 2.86. The maximum Gasteiger partial charge on any atom is 0.317 e. The number of likely N-dealkylation sites (tertiary alicyclic amines) is 1. The van der Waals surface area contributed by atoms with Gasteiger partial charge in [-0.2, -0.15) is 0 Å². The summed E-state index contributed by atoms with van der Waals surface area (Å²) in [7, 11) is -3.31. The van der Waals surface area contributed by atoms with Crippen molar-refractivity contribution in [2.24, 2.45) is 0 Å². The Hall–Kier alpha value is -3.56. The molecule has 1 saturated heterocycles. The molecule has 3 aromatic rings. The first-order valence-electron chi connectivity index (χ1n) is 14.4. The van der Waals surface area contributed by atoms with E-state index in [0.717, 1.165) is 75.9 Å². The first-order chi connectivity index (χ1) is 19.8. The van der Waals surface area contributed by atoms with E-state index < -0.39 is 10.0 Å². The molecule has 0 saturated carbocycles. The molecule has 41 heavy (non-hydrogen) atoms. The van der Waals surface area contributed by atoms with Gasteiger partial charge >= 0.3 is 6.03 Å². The van der Waals surface area contributed by atoms with Crippen LogP contribution in [0.3, 0.4) is 0 Å². The third-order valence-electron chi connectivity index (χ3n) is 7.17. The number of piperidine rings is 1. The van der Waals surface area contributed by atoms with Gasteiger partial charge in [-0.05, 0) is 66.8 Å². The highest BCUT2D eigenvalue weighted by atomic mass is 32.2. The van der Waals surface area contributed by atoms with E-state index in [4.69, 9.17) is 4.74 Å². The molecular weight excluding hydrogens is 536 g/mol. The molecule has 220 valence electrons. The third kappa shape index (κ3) is 10.4. The van der Waals surface area contributed by atoms with Crippen LogP contribution in [-0.4, -0.2) is 56.2 Å². The van der Waals surface area contributed by atoms with Crippen molar-refractivity contribution in [1.82, 2.24) is 15.1 Å². The van der Waals surface area contributed by atoms with E-state index in [-0.39, 0.29) is 12.1 Å². The van der Waals surface area contributed by atoms with Crippen molar-refractivity contribution in [1.29, 1.82) is 0 Å². The Labute approximate surface area is 244 Å². The molecule has 9 heteroatoms. The van der Waals surface area contributed by atoms with E-state index in [1.54, 1.807) is 24.3 Å². The van der Waals surface area contributed by atoms with E-state index in [1.807, 2.05) is 35.2 Å². The summed E-state index contributed by atoms with van der Waals surface area (Å²) in [6.07, 6.45) is 6.28. The van der Waals surface area contributed by atoms with E-state index in [0.29, 0.717) is 18.0 Å². The number of nitrogens with one attached hydrogen (secondary N) is 2. The van der Waals surface area contributed by atoms with Gasteiger partial charge < -0.3 is 15.0 Å². The largest absolute Gasteiger partial charge is 0.457 e. The monoisotopic (exact) mass is 578 g/mol. The lowest BCUT2D eigenvalue weighted by Crippen LogP contribution is -2.49. The van der Waals surface area contributed by atoms with Crippen molar-refractivity contribution in [3.63, 3.8) is 0 Å². The summed E-state index contributed by atoms with van der Waals surface area (Å²) in [4.78, 5) is 17.6. The number of benzene rings is 3. The Kier molecular flexibility index (Phi) is 11.0. The molecular formula is C32H42N4O4S. The number of sulfonamides is 1. The standard InChI is InChI=1S/C32H42N4O4S/c1-3-4-8-21-36(25-26-9-6-5-7-10-26)32(37)33-28-19-22-35(23-20-28)24-27-11-15-30(16-12-27)40-31-17-13-29(14-18-31)34-41(2,38)39/h5-7,9-18,28,34H,3-4,8,19-25H2,1-2H3,(H,33,37). The lowest BCUT2D eigenvalue weighted by molar-refractivity contribution is 0.166. The molecule has 1 heterocycles. The van der Waals surface area contributed by atoms with Crippen molar-refractivity contribution in [2.75, 3.05) is 30.6 Å². The van der Waals surface area contributed by atoms with Gasteiger partial charge in [0.25, 0.3) is 0 Å². The summed E-state index contributed by atoms with van der Waals surface area (Å²) in [6.45, 7) is 6.32. The summed E-state index contributed by atoms with van der Waals surface area (Å²) in [5.74, 6) is 1.35. The van der Waals surface area contributed by atoms with Crippen LogP contribution in [0.15, 0.2) is 78.9 Å². The molecule has 3 aromatic carbocycles. The number of amides is 2. The number of hydrogen-bond donors (Lipinski definition) is 2. The van der Waals surface area contributed by atoms with Crippen LogP contribution in [-0.2, 0) is 23.1 Å². The molecule has 0 aliphatic carbocycles. The van der Waals surface area contributed by atoms with Crippen molar-refractivity contribution in [3.8, 4) is 11.5 Å². The molecule has 0 unspecified atom stereocenters. The highest BCUT2D eigenvalue weighted by Gasteiger charge is 2.23. The van der Waals surface area contributed by atoms with Crippen LogP contribution in [0, 0.1) is 0 Å². The number of anilines is 1. The molecule has 1 aliphatic rings. The highest BCUT2D eigenvalue weighted by Crippen LogP contribution is 2.24. The average molecular weight is 579 g/mol. The molecule has 0 aromatic heterocycles. The van der Waals surface area contributed by atoms with Gasteiger partial charge in [-0.3, -0.25) is 9.62 Å². The Balaban J connectivity index is 1.22. The topological polar surface area (TPSA) is 91.0 Å². The van der Waals surface area contributed by atoms with Crippen molar-refractivity contribution < 1.29 is 17.9 Å². The molecule has 2 N–H and O–H groups in total. The quantitative estimate of drug-likeness (QED) is 0.235. The van der Waals surface area contributed by atoms with Gasteiger partial charge in [-0.15, -0.1) is 0 Å². The van der Waals surface area contributed by atoms with Crippen LogP contribution in [0.4, 0.5) is 10.5 Å². The zero-order valence-corrected chi connectivity index (χ0v) is 24.9. The number of nitrogens with zero attached hydrogens (tertiary/aromatic N) is 2. The minimum atomic E-state index is -3.31. The average Bonchev–Trinajstić information content (AvgIpc) is 2.95. The van der Waals surface area contributed by atoms with Gasteiger partial charge in [-0.1, -0.05) is 62.2 Å². The predicted molar refractivity (Wildman–Crippen MR) is 165 cm³/mol. The molecule has 2 amide bonds. The lowest BCUT2D eigenvalue weighted by Gasteiger charge is -2.34. The smallest absolute Gasteiger partial charge is 0.317 e. The molecule has 0 bridgehead atoms. The van der Waals surface area contributed by atoms with Gasteiger partial charge in [0, 0.05) is 44.5 Å². The van der Waals surface area contributed by atoms with Crippen LogP contribution < -0.4 is 14.8 Å². The van der Waals surface area contributed by atoms with Crippen LogP contribution >= 0.6 is 0 Å². The Morgan fingerprint density at radius 2 is 1.54 bits per heavy atom. The van der Waals surface area contributed by atoms with Gasteiger partial charge in [0.2, 0.25) is 10.0 Å². The fourth-order valence-corrected chi connectivity index (χ4v) is 5.54. The second kappa shape index (κ2) is 14.9. The number of unbranched alkanes of at least 4 members (excludes halogenated alkanes) is 2. The van der Waals surface area contributed by atoms with Crippen LogP contribution in [0.1, 0.15) is 50.2 Å². The SMILES string of the molecule is CCCCCN(Cc1ccccc1)C(=O)NC1CCN(Cc2ccc(Oc3ccc(NS(C)(=O)=O)cc3)cc2)CC1. The fraction of sp³-hybridized carbons (Fsp3) is 0.406. The molecule has 1 fully saturated rings. The van der Waals surface area contributed by atoms with E-state index >= 15 is 0 Å². The summed E-state index contributed by atoms with van der Waals surface area (Å²) in [5, 5.41) is 3.31. The highest BCUT2D eigenvalue weighted by molar-refractivity contribution is 7.92. The number of rotatable bonds is 13. The van der Waals surface area contributed by atoms with E-state index in [2.05, 4.69) is 46.1 Å². The van der Waals surface area contributed by atoms with E-state index in [1.165, 1.54) is 5.56 Å². The van der Waals surface area contributed by atoms with Crippen molar-refractivity contribution >= 4 is 21.7 Å². The summed E-state index contributed by atoms with van der Waals surface area (Å²) in [6, 6.07) is 25.3. The molecule has 1 aliphatic heterocycles. The first kappa shape index (κ1) is 30.4. The summed E-state index contributed by atoms with van der Waals surface area (Å²) >= 11 is 0. The molecule has 0 spiro atoms. The third-order valence-corrected chi connectivity index (χ3v) is 7.78. The summed E-state index contributed by atoms with van der Waals surface area (Å²) < 4.78 is 31.1. The number of urea groups is 1. The van der Waals surface area contributed by atoms with Crippen LogP contribution in [0.25, 0.3) is 0 Å². The predicted octanol–water partition coefficient (Wildman–Crippen LogP) is 6.22. The van der Waals surface area contributed by atoms with Crippen molar-refractivity contribution in [2.45, 2.75) is 58.2 Å². The van der Waals surface area contributed by atoms with E-state index in [9.17, 15) is 13.2 Å². The number of hydrogen-bond acceptors (Lipinski definition) is 5. The minimum absolute atomic E-state index is 0.0419. The zero-order chi connectivity index (χ0) is 29.1. The Morgan fingerprint density at radius 1 is 0.902 bits per heavy atom. The second-order valence-corrected chi connectivity index (χ2v) is 12.5. The fourth-order valence-electron chi connectivity index (χ4n) is 4.97. The normalized spacial score (nSPS) is 14.4. The van der Waals surface area contributed by atoms with Crippen molar-refractivity contribution in [3.05, 3.63) is 90.0 Å².